The molecule has 37 heavy (non-hydrogen) atoms. The van der Waals surface area contributed by atoms with Crippen LogP contribution in [-0.4, -0.2) is 87.9 Å². The zero-order valence-electron chi connectivity index (χ0n) is 24.7. The van der Waals surface area contributed by atoms with Crippen molar-refractivity contribution in [2.45, 2.75) is 116 Å². The molecule has 0 spiro atoms. The number of rotatable bonds is 29. The Balaban J connectivity index is 3.57. The van der Waals surface area contributed by atoms with E-state index in [0.717, 1.165) is 12.8 Å². The largest absolute Gasteiger partial charge is 0.472 e. The fraction of sp³-hybridized carbons (Fsp3) is 1.00. The van der Waals surface area contributed by atoms with Crippen molar-refractivity contribution in [1.82, 2.24) is 0 Å². The van der Waals surface area contributed by atoms with E-state index in [4.69, 9.17) is 23.6 Å². The molecule has 0 saturated heterocycles. The van der Waals surface area contributed by atoms with E-state index >= 15 is 0 Å². The summed E-state index contributed by atoms with van der Waals surface area (Å²) in [6.45, 7) is 4.32. The van der Waals surface area contributed by atoms with Gasteiger partial charge >= 0.3 is 7.82 Å². The van der Waals surface area contributed by atoms with Crippen LogP contribution in [-0.2, 0) is 23.1 Å². The number of quaternary nitrogens is 1. The molecule has 0 aliphatic carbocycles. The Kier molecular flexibility index (Phi) is 24.9. The van der Waals surface area contributed by atoms with Crippen LogP contribution < -0.4 is 0 Å². The van der Waals surface area contributed by atoms with Crippen LogP contribution in [0.4, 0.5) is 0 Å². The molecule has 8 nitrogen and oxygen atoms in total. The third-order valence-corrected chi connectivity index (χ3v) is 7.84. The van der Waals surface area contributed by atoms with Crippen molar-refractivity contribution in [2.24, 2.45) is 0 Å². The Hall–Kier alpha value is -0.0500. The van der Waals surface area contributed by atoms with E-state index < -0.39 is 13.9 Å². The van der Waals surface area contributed by atoms with Gasteiger partial charge in [0.25, 0.3) is 0 Å². The number of hydrogen-bond acceptors (Lipinski definition) is 6. The lowest BCUT2D eigenvalue weighted by Gasteiger charge is -2.29. The highest BCUT2D eigenvalue weighted by molar-refractivity contribution is 7.47. The van der Waals surface area contributed by atoms with Gasteiger partial charge in [0, 0.05) is 13.7 Å². The van der Waals surface area contributed by atoms with Crippen molar-refractivity contribution in [3.63, 3.8) is 0 Å². The molecule has 0 aliphatic heterocycles. The second-order valence-corrected chi connectivity index (χ2v) is 12.4. The van der Waals surface area contributed by atoms with Crippen molar-refractivity contribution in [2.75, 3.05) is 67.3 Å². The topological polar surface area (TPSA) is 94.5 Å². The summed E-state index contributed by atoms with van der Waals surface area (Å²) in [5.74, 6) is 0. The highest BCUT2D eigenvalue weighted by Crippen LogP contribution is 2.43. The number of ether oxygens (including phenoxy) is 2. The van der Waals surface area contributed by atoms with Gasteiger partial charge in [0.1, 0.15) is 25.8 Å². The van der Waals surface area contributed by atoms with Crippen LogP contribution in [0.15, 0.2) is 0 Å². The second kappa shape index (κ2) is 25.0. The number of hydrogen-bond donors (Lipinski definition) is 2. The Morgan fingerprint density at radius 2 is 1.19 bits per heavy atom. The Bertz CT molecular complexity index is 537. The lowest BCUT2D eigenvalue weighted by atomic mass is 10.0. The molecule has 0 aliphatic rings. The lowest BCUT2D eigenvalue weighted by molar-refractivity contribution is -0.890. The molecular formula is C28H61NO7P+. The van der Waals surface area contributed by atoms with E-state index in [-0.39, 0.29) is 19.8 Å². The Morgan fingerprint density at radius 1 is 0.703 bits per heavy atom. The molecule has 2 unspecified atom stereocenters. The zero-order chi connectivity index (χ0) is 27.7. The summed E-state index contributed by atoms with van der Waals surface area (Å²) in [5, 5.41) is 9.04. The van der Waals surface area contributed by atoms with Crippen LogP contribution in [0.1, 0.15) is 110 Å². The average molecular weight is 555 g/mol. The molecule has 0 saturated carbocycles. The molecule has 2 N–H and O–H groups in total. The standard InChI is InChI=1S/C28H60NO7P/c1-5-6-7-8-9-10-11-12-13-14-15-16-17-18-19-20-24-34-26-28(33-4)27-36-37(31,32)35-25-22-29(2,3)21-23-30/h28,30H,5-27H2,1-4H3/p+1. The average Bonchev–Trinajstić information content (AvgIpc) is 2.84. The molecule has 0 heterocycles. The summed E-state index contributed by atoms with van der Waals surface area (Å²) in [7, 11) is 1.21. The minimum Gasteiger partial charge on any atom is -0.391 e. The monoisotopic (exact) mass is 554 g/mol. The quantitative estimate of drug-likeness (QED) is 0.0621. The third kappa shape index (κ3) is 26.0. The van der Waals surface area contributed by atoms with E-state index in [1.165, 1.54) is 97.0 Å². The number of phosphoric acid groups is 1. The molecule has 0 aromatic heterocycles. The molecule has 0 fully saturated rings. The summed E-state index contributed by atoms with van der Waals surface area (Å²) in [6.07, 6.45) is 21.0. The molecular weight excluding hydrogens is 493 g/mol. The molecule has 224 valence electrons. The maximum atomic E-state index is 12.1. The van der Waals surface area contributed by atoms with Gasteiger partial charge in [0.15, 0.2) is 0 Å². The van der Waals surface area contributed by atoms with Crippen LogP contribution in [0.5, 0.6) is 0 Å². The van der Waals surface area contributed by atoms with E-state index in [9.17, 15) is 9.46 Å². The summed E-state index contributed by atoms with van der Waals surface area (Å²) in [6, 6.07) is 0. The Morgan fingerprint density at radius 3 is 1.65 bits per heavy atom. The van der Waals surface area contributed by atoms with Gasteiger partial charge in [0.2, 0.25) is 0 Å². The van der Waals surface area contributed by atoms with Gasteiger partial charge in [-0.3, -0.25) is 9.05 Å². The second-order valence-electron chi connectivity index (χ2n) is 10.9. The summed E-state index contributed by atoms with van der Waals surface area (Å²) < 4.78 is 33.7. The fourth-order valence-corrected chi connectivity index (χ4v) is 4.89. The van der Waals surface area contributed by atoms with Crippen LogP contribution in [0.2, 0.25) is 0 Å². The maximum absolute atomic E-state index is 12.1. The minimum atomic E-state index is -4.15. The number of aliphatic hydroxyl groups is 1. The van der Waals surface area contributed by atoms with Gasteiger partial charge in [-0.25, -0.2) is 4.57 Å². The van der Waals surface area contributed by atoms with E-state index in [1.807, 2.05) is 14.1 Å². The van der Waals surface area contributed by atoms with E-state index in [2.05, 4.69) is 6.92 Å². The first-order valence-electron chi connectivity index (χ1n) is 14.9. The smallest absolute Gasteiger partial charge is 0.391 e. The molecule has 2 atom stereocenters. The molecule has 9 heteroatoms. The number of nitrogens with zero attached hydrogens (tertiary/aromatic N) is 1. The van der Waals surface area contributed by atoms with Gasteiger partial charge in [-0.1, -0.05) is 103 Å². The predicted octanol–water partition coefficient (Wildman–Crippen LogP) is 6.48. The predicted molar refractivity (Wildman–Crippen MR) is 152 cm³/mol. The number of likely N-dealkylation sites (N-methyl/N-ethyl adjacent to an activating group) is 1. The van der Waals surface area contributed by atoms with Crippen LogP contribution >= 0.6 is 7.82 Å². The van der Waals surface area contributed by atoms with Crippen molar-refractivity contribution in [1.29, 1.82) is 0 Å². The van der Waals surface area contributed by atoms with Gasteiger partial charge in [0.05, 0.1) is 33.9 Å². The zero-order valence-corrected chi connectivity index (χ0v) is 25.6. The number of unbranched alkanes of at least 4 members (excludes halogenated alkanes) is 15. The number of phosphoric ester groups is 1. The highest BCUT2D eigenvalue weighted by Gasteiger charge is 2.25. The molecule has 0 bridgehead atoms. The Labute approximate surface area is 228 Å². The number of aliphatic hydroxyl groups excluding tert-OH is 1. The summed E-state index contributed by atoms with van der Waals surface area (Å²) in [5.41, 5.74) is 0. The molecule has 0 amide bonds. The first-order chi connectivity index (χ1) is 17.8. The van der Waals surface area contributed by atoms with Gasteiger partial charge in [-0.15, -0.1) is 0 Å². The van der Waals surface area contributed by atoms with Crippen molar-refractivity contribution in [3.8, 4) is 0 Å². The van der Waals surface area contributed by atoms with Gasteiger partial charge < -0.3 is 24.0 Å². The molecule has 0 aromatic rings. The first kappa shape index (κ1) is 37.0. The lowest BCUT2D eigenvalue weighted by Crippen LogP contribution is -2.44. The van der Waals surface area contributed by atoms with Crippen molar-refractivity contribution < 1.29 is 37.6 Å². The normalized spacial score (nSPS) is 14.6. The van der Waals surface area contributed by atoms with Crippen molar-refractivity contribution in [3.05, 3.63) is 0 Å². The van der Waals surface area contributed by atoms with E-state index in [0.29, 0.717) is 30.8 Å². The summed E-state index contributed by atoms with van der Waals surface area (Å²) >= 11 is 0. The van der Waals surface area contributed by atoms with Crippen LogP contribution in [0, 0.1) is 0 Å². The van der Waals surface area contributed by atoms with Gasteiger partial charge in [-0.2, -0.15) is 0 Å². The highest BCUT2D eigenvalue weighted by atomic mass is 31.2. The molecule has 0 radical (unpaired) electrons. The van der Waals surface area contributed by atoms with Crippen LogP contribution in [0.25, 0.3) is 0 Å². The van der Waals surface area contributed by atoms with Gasteiger partial charge in [-0.05, 0) is 6.42 Å². The van der Waals surface area contributed by atoms with E-state index in [1.54, 1.807) is 0 Å². The maximum Gasteiger partial charge on any atom is 0.472 e. The minimum absolute atomic E-state index is 0.0508. The first-order valence-corrected chi connectivity index (χ1v) is 16.4. The number of methoxy groups -OCH3 is 1. The molecule has 0 rings (SSSR count). The SMILES string of the molecule is CCCCCCCCCCCCCCCCCCOCC(COP(=O)(O)OCC[N+](C)(C)CCO)OC. The molecule has 0 aromatic carbocycles. The fourth-order valence-electron chi connectivity index (χ4n) is 4.15. The summed E-state index contributed by atoms with van der Waals surface area (Å²) in [4.78, 5) is 9.87. The third-order valence-electron chi connectivity index (χ3n) is 6.86. The van der Waals surface area contributed by atoms with Crippen molar-refractivity contribution >= 4 is 7.82 Å². The van der Waals surface area contributed by atoms with Crippen LogP contribution in [0.3, 0.4) is 0 Å².